The van der Waals surface area contributed by atoms with Crippen LogP contribution in [0.1, 0.15) is 45.5 Å². The Morgan fingerprint density at radius 1 is 0.707 bits per heavy atom. The lowest BCUT2D eigenvalue weighted by molar-refractivity contribution is -0.274. The minimum atomic E-state index is -4.83. The van der Waals surface area contributed by atoms with Crippen LogP contribution < -0.4 is 20.9 Å². The number of nitrogen functional groups attached to an aromatic ring is 2. The average Bonchev–Trinajstić information content (AvgIpc) is 2.91. The number of rotatable bonds is 12. The van der Waals surface area contributed by atoms with Crippen LogP contribution in [0.15, 0.2) is 72.8 Å². The van der Waals surface area contributed by atoms with E-state index in [-0.39, 0.29) is 30.1 Å². The van der Waals surface area contributed by atoms with Crippen LogP contribution in [-0.4, -0.2) is 37.5 Å². The molecule has 4 N–H and O–H groups in total. The van der Waals surface area contributed by atoms with Gasteiger partial charge < -0.3 is 30.4 Å². The van der Waals surface area contributed by atoms with Crippen molar-refractivity contribution in [2.45, 2.75) is 25.6 Å². The molecule has 0 aromatic heterocycles. The smallest absolute Gasteiger partial charge is 0.463 e. The van der Waals surface area contributed by atoms with Crippen molar-refractivity contribution in [3.05, 3.63) is 89.5 Å². The summed E-state index contributed by atoms with van der Waals surface area (Å²) in [6.07, 6.45) is -0.202. The fourth-order valence-electron chi connectivity index (χ4n) is 3.41. The molecule has 0 aliphatic carbocycles. The number of carbonyl (C=O) groups excluding carboxylic acids is 3. The molecule has 0 spiro atoms. The van der Waals surface area contributed by atoms with Gasteiger partial charge in [0.1, 0.15) is 11.5 Å². The van der Waals surface area contributed by atoms with Crippen molar-refractivity contribution in [3.63, 3.8) is 0 Å². The monoisotopic (exact) mass is 572 g/mol. The summed E-state index contributed by atoms with van der Waals surface area (Å²) in [6, 6.07) is 15.0. The molecule has 0 heterocycles. The molecule has 0 bridgehead atoms. The highest BCUT2D eigenvalue weighted by atomic mass is 19.4. The number of unbranched alkanes of at least 4 members (excludes halogenated alkanes) is 2. The lowest BCUT2D eigenvalue weighted by Gasteiger charge is -2.09. The highest BCUT2D eigenvalue weighted by Gasteiger charge is 2.31. The van der Waals surface area contributed by atoms with Crippen molar-refractivity contribution in [3.8, 4) is 11.5 Å². The molecular weight excluding hydrogens is 545 g/mol. The maximum atomic E-state index is 12.2. The van der Waals surface area contributed by atoms with E-state index in [0.29, 0.717) is 36.2 Å². The molecule has 3 aromatic carbocycles. The first-order chi connectivity index (χ1) is 19.5. The predicted molar refractivity (Wildman–Crippen MR) is 144 cm³/mol. The molecule has 0 saturated heterocycles. The average molecular weight is 573 g/mol. The third kappa shape index (κ3) is 10.9. The van der Waals surface area contributed by atoms with Crippen LogP contribution in [0.25, 0.3) is 6.08 Å². The van der Waals surface area contributed by atoms with Crippen molar-refractivity contribution < 1.29 is 46.5 Å². The molecule has 0 radical (unpaired) electrons. The van der Waals surface area contributed by atoms with E-state index < -0.39 is 30.0 Å². The lowest BCUT2D eigenvalue weighted by Crippen LogP contribution is -2.17. The number of benzene rings is 3. The number of alkyl halides is 3. The largest absolute Gasteiger partial charge is 0.573 e. The zero-order chi connectivity index (χ0) is 29.8. The maximum Gasteiger partial charge on any atom is 0.573 e. The van der Waals surface area contributed by atoms with Gasteiger partial charge in [-0.15, -0.1) is 13.2 Å². The lowest BCUT2D eigenvalue weighted by atomic mass is 10.2. The van der Waals surface area contributed by atoms with E-state index in [0.717, 1.165) is 24.3 Å². The van der Waals surface area contributed by atoms with Gasteiger partial charge in [-0.2, -0.15) is 0 Å². The van der Waals surface area contributed by atoms with Crippen molar-refractivity contribution in [2.75, 3.05) is 24.7 Å². The summed E-state index contributed by atoms with van der Waals surface area (Å²) in [5.41, 5.74) is 13.0. The summed E-state index contributed by atoms with van der Waals surface area (Å²) in [4.78, 5) is 36.2. The zero-order valence-corrected chi connectivity index (χ0v) is 21.7. The number of hydrogen-bond donors (Lipinski definition) is 2. The minimum absolute atomic E-state index is 0.0376. The number of anilines is 2. The van der Waals surface area contributed by atoms with E-state index in [1.165, 1.54) is 36.4 Å². The quantitative estimate of drug-likeness (QED) is 0.0939. The fraction of sp³-hybridized carbons (Fsp3) is 0.207. The zero-order valence-electron chi connectivity index (χ0n) is 21.7. The number of carbonyl (C=O) groups is 3. The van der Waals surface area contributed by atoms with Gasteiger partial charge in [-0.25, -0.2) is 14.4 Å². The SMILES string of the molecule is Nc1cc(N)cc(C(=O)OCCCCCOC(=O)/C=C/c2ccc(OC(=O)c3ccc(OC(F)(F)F)cc3)cc2)c1. The molecule has 0 amide bonds. The third-order valence-corrected chi connectivity index (χ3v) is 5.31. The molecule has 0 aliphatic heterocycles. The summed E-state index contributed by atoms with van der Waals surface area (Å²) in [5.74, 6) is -2.07. The summed E-state index contributed by atoms with van der Waals surface area (Å²) >= 11 is 0. The number of esters is 3. The molecule has 3 aromatic rings. The summed E-state index contributed by atoms with van der Waals surface area (Å²) in [6.45, 7) is 0.400. The normalized spacial score (nSPS) is 11.2. The van der Waals surface area contributed by atoms with Crippen molar-refractivity contribution in [2.24, 2.45) is 0 Å². The number of halogens is 3. The first-order valence-electron chi connectivity index (χ1n) is 12.3. The minimum Gasteiger partial charge on any atom is -0.463 e. The van der Waals surface area contributed by atoms with Crippen LogP contribution in [0.2, 0.25) is 0 Å². The van der Waals surface area contributed by atoms with Crippen molar-refractivity contribution >= 4 is 35.4 Å². The Morgan fingerprint density at radius 3 is 1.90 bits per heavy atom. The number of ether oxygens (including phenoxy) is 4. The van der Waals surface area contributed by atoms with Crippen molar-refractivity contribution in [1.82, 2.24) is 0 Å². The van der Waals surface area contributed by atoms with Gasteiger partial charge in [0.05, 0.1) is 24.3 Å². The molecule has 0 unspecified atom stereocenters. The van der Waals surface area contributed by atoms with Gasteiger partial charge in [-0.3, -0.25) is 0 Å². The molecule has 0 saturated carbocycles. The van der Waals surface area contributed by atoms with Crippen LogP contribution in [-0.2, 0) is 14.3 Å². The van der Waals surface area contributed by atoms with Crippen LogP contribution in [0, 0.1) is 0 Å². The number of hydrogen-bond acceptors (Lipinski definition) is 9. The molecule has 0 atom stereocenters. The van der Waals surface area contributed by atoms with Gasteiger partial charge in [0.2, 0.25) is 0 Å². The highest BCUT2D eigenvalue weighted by molar-refractivity contribution is 5.92. The predicted octanol–water partition coefficient (Wildman–Crippen LogP) is 5.55. The van der Waals surface area contributed by atoms with Crippen LogP contribution >= 0.6 is 0 Å². The summed E-state index contributed by atoms with van der Waals surface area (Å²) < 4.78 is 56.0. The highest BCUT2D eigenvalue weighted by Crippen LogP contribution is 2.23. The topological polar surface area (TPSA) is 140 Å². The second kappa shape index (κ2) is 14.4. The van der Waals surface area contributed by atoms with Crippen LogP contribution in [0.5, 0.6) is 11.5 Å². The molecule has 3 rings (SSSR count). The Morgan fingerprint density at radius 2 is 1.29 bits per heavy atom. The van der Waals surface area contributed by atoms with Crippen LogP contribution in [0.4, 0.5) is 24.5 Å². The maximum absolute atomic E-state index is 12.2. The number of nitrogens with two attached hydrogens (primary N) is 2. The molecule has 216 valence electrons. The Balaban J connectivity index is 1.32. The third-order valence-electron chi connectivity index (χ3n) is 5.31. The molecule has 0 aliphatic rings. The second-order valence-electron chi connectivity index (χ2n) is 8.62. The summed E-state index contributed by atoms with van der Waals surface area (Å²) in [5, 5.41) is 0. The van der Waals surface area contributed by atoms with E-state index in [2.05, 4.69) is 4.74 Å². The molecular formula is C29H27F3N2O7. The second-order valence-corrected chi connectivity index (χ2v) is 8.62. The Hall–Kier alpha value is -5.00. The van der Waals surface area contributed by atoms with Gasteiger partial charge in [0.15, 0.2) is 0 Å². The standard InChI is InChI=1S/C29H27F3N2O7/c30-29(31,32)41-25-11-7-20(8-12-25)28(37)40-24-9-4-19(5-10-24)6-13-26(35)38-14-2-1-3-15-39-27(36)21-16-22(33)18-23(34)17-21/h4-13,16-18H,1-3,14-15,33-34H2/b13-6+. The van der Waals surface area contributed by atoms with E-state index in [4.69, 9.17) is 25.7 Å². The first kappa shape index (κ1) is 30.5. The Bertz CT molecular complexity index is 1350. The van der Waals surface area contributed by atoms with Crippen LogP contribution in [0.3, 0.4) is 0 Å². The van der Waals surface area contributed by atoms with Gasteiger partial charge >= 0.3 is 24.3 Å². The molecule has 0 fully saturated rings. The Labute approximate surface area is 233 Å². The molecule has 41 heavy (non-hydrogen) atoms. The summed E-state index contributed by atoms with van der Waals surface area (Å²) in [7, 11) is 0. The van der Waals surface area contributed by atoms with Gasteiger partial charge in [-0.05, 0) is 85.5 Å². The van der Waals surface area contributed by atoms with Crippen molar-refractivity contribution in [1.29, 1.82) is 0 Å². The molecule has 9 nitrogen and oxygen atoms in total. The van der Waals surface area contributed by atoms with E-state index in [1.54, 1.807) is 18.2 Å². The van der Waals surface area contributed by atoms with E-state index >= 15 is 0 Å². The Kier molecular flexibility index (Phi) is 10.7. The van der Waals surface area contributed by atoms with Gasteiger partial charge in [0.25, 0.3) is 0 Å². The van der Waals surface area contributed by atoms with E-state index in [1.807, 2.05) is 0 Å². The van der Waals surface area contributed by atoms with Gasteiger partial charge in [-0.1, -0.05) is 12.1 Å². The molecule has 12 heteroatoms. The fourth-order valence-corrected chi connectivity index (χ4v) is 3.41. The van der Waals surface area contributed by atoms with E-state index in [9.17, 15) is 27.6 Å². The first-order valence-corrected chi connectivity index (χ1v) is 12.3. The van der Waals surface area contributed by atoms with Gasteiger partial charge in [0, 0.05) is 17.5 Å².